The topological polar surface area (TPSA) is 53.4 Å². The number of aromatic carboxylic acids is 1. The van der Waals surface area contributed by atoms with Crippen molar-refractivity contribution in [2.75, 3.05) is 18.5 Å². The Bertz CT molecular complexity index is 415. The third-order valence-electron chi connectivity index (χ3n) is 2.99. The van der Waals surface area contributed by atoms with Crippen molar-refractivity contribution in [3.8, 4) is 0 Å². The molecule has 1 atom stereocenters. The molecular weight excluding hydrogens is 248 g/mol. The van der Waals surface area contributed by atoms with Crippen molar-refractivity contribution in [2.45, 2.75) is 40.0 Å². The van der Waals surface area contributed by atoms with Gasteiger partial charge in [-0.15, -0.1) is 0 Å². The van der Waals surface area contributed by atoms with Crippen LogP contribution in [0.4, 0.5) is 5.13 Å². The van der Waals surface area contributed by atoms with Crippen molar-refractivity contribution >= 4 is 22.4 Å². The van der Waals surface area contributed by atoms with Crippen molar-refractivity contribution in [1.82, 2.24) is 4.98 Å². The summed E-state index contributed by atoms with van der Waals surface area (Å²) >= 11 is 1.27. The Balaban J connectivity index is 2.97. The number of aromatic nitrogens is 1. The summed E-state index contributed by atoms with van der Waals surface area (Å²) in [7, 11) is 1.97. The molecule has 0 amide bonds. The van der Waals surface area contributed by atoms with E-state index >= 15 is 0 Å². The minimum atomic E-state index is -0.876. The van der Waals surface area contributed by atoms with Crippen molar-refractivity contribution in [1.29, 1.82) is 0 Å². The summed E-state index contributed by atoms with van der Waals surface area (Å²) in [6.07, 6.45) is 1.11. The van der Waals surface area contributed by atoms with Crippen LogP contribution in [0.3, 0.4) is 0 Å². The summed E-state index contributed by atoms with van der Waals surface area (Å²) in [4.78, 5) is 18.1. The molecule has 0 bridgehead atoms. The molecule has 102 valence electrons. The highest BCUT2D eigenvalue weighted by molar-refractivity contribution is 7.17. The molecule has 1 aromatic heterocycles. The molecule has 0 radical (unpaired) electrons. The van der Waals surface area contributed by atoms with Crippen LogP contribution in [-0.4, -0.2) is 29.7 Å². The quantitative estimate of drug-likeness (QED) is 0.860. The van der Waals surface area contributed by atoms with E-state index in [1.165, 1.54) is 11.3 Å². The van der Waals surface area contributed by atoms with Crippen LogP contribution in [0.2, 0.25) is 0 Å². The third-order valence-corrected chi connectivity index (χ3v) is 4.17. The molecule has 1 N–H and O–H groups in total. The number of anilines is 1. The van der Waals surface area contributed by atoms with Gasteiger partial charge < -0.3 is 10.0 Å². The van der Waals surface area contributed by atoms with Crippen molar-refractivity contribution in [3.05, 3.63) is 10.6 Å². The number of hydrogen-bond donors (Lipinski definition) is 1. The predicted octanol–water partition coefficient (Wildman–Crippen LogP) is 3.45. The first-order valence-electron chi connectivity index (χ1n) is 6.31. The molecule has 5 heteroatoms. The van der Waals surface area contributed by atoms with Gasteiger partial charge in [0, 0.05) is 13.6 Å². The summed E-state index contributed by atoms with van der Waals surface area (Å²) in [5.41, 5.74) is 0.693. The number of hydrogen-bond acceptors (Lipinski definition) is 4. The molecule has 4 nitrogen and oxygen atoms in total. The number of rotatable bonds is 6. The van der Waals surface area contributed by atoms with E-state index in [4.69, 9.17) is 0 Å². The van der Waals surface area contributed by atoms with Crippen LogP contribution in [0.1, 0.15) is 55.4 Å². The first-order valence-corrected chi connectivity index (χ1v) is 7.13. The second-order valence-electron chi connectivity index (χ2n) is 5.06. The molecule has 0 aliphatic carbocycles. The zero-order valence-corrected chi connectivity index (χ0v) is 12.5. The molecule has 1 unspecified atom stereocenters. The van der Waals surface area contributed by atoms with Gasteiger partial charge >= 0.3 is 5.97 Å². The molecule has 1 heterocycles. The lowest BCUT2D eigenvalue weighted by Gasteiger charge is -2.19. The van der Waals surface area contributed by atoms with Gasteiger partial charge in [0.2, 0.25) is 0 Å². The SMILES string of the molecule is CCC(C)CN(C)c1nc(C(C)C)c(C(=O)O)s1. The van der Waals surface area contributed by atoms with E-state index < -0.39 is 5.97 Å². The molecule has 0 saturated carbocycles. The van der Waals surface area contributed by atoms with Crippen LogP contribution >= 0.6 is 11.3 Å². The first kappa shape index (κ1) is 15.0. The maximum Gasteiger partial charge on any atom is 0.347 e. The average molecular weight is 270 g/mol. The highest BCUT2D eigenvalue weighted by Crippen LogP contribution is 2.30. The summed E-state index contributed by atoms with van der Waals surface area (Å²) in [6.45, 7) is 9.19. The molecule has 1 aromatic rings. The molecule has 0 spiro atoms. The Kier molecular flexibility index (Phi) is 5.14. The van der Waals surface area contributed by atoms with E-state index in [1.807, 2.05) is 20.9 Å². The van der Waals surface area contributed by atoms with Gasteiger partial charge in [-0.05, 0) is 11.8 Å². The van der Waals surface area contributed by atoms with Gasteiger partial charge in [-0.3, -0.25) is 0 Å². The van der Waals surface area contributed by atoms with Gasteiger partial charge in [-0.1, -0.05) is 45.5 Å². The molecule has 0 saturated heterocycles. The highest BCUT2D eigenvalue weighted by atomic mass is 32.1. The Hall–Kier alpha value is -1.10. The molecular formula is C13H22N2O2S. The molecule has 0 fully saturated rings. The standard InChI is InChI=1S/C13H22N2O2S/c1-6-9(4)7-15(5)13-14-10(8(2)3)11(18-13)12(16)17/h8-9H,6-7H2,1-5H3,(H,16,17). The molecule has 18 heavy (non-hydrogen) atoms. The van der Waals surface area contributed by atoms with Crippen molar-refractivity contribution < 1.29 is 9.90 Å². The highest BCUT2D eigenvalue weighted by Gasteiger charge is 2.21. The van der Waals surface area contributed by atoms with E-state index in [-0.39, 0.29) is 5.92 Å². The van der Waals surface area contributed by atoms with E-state index in [1.54, 1.807) is 0 Å². The second-order valence-corrected chi connectivity index (χ2v) is 6.04. The Morgan fingerprint density at radius 3 is 2.44 bits per heavy atom. The maximum absolute atomic E-state index is 11.2. The lowest BCUT2D eigenvalue weighted by molar-refractivity contribution is 0.0700. The Morgan fingerprint density at radius 1 is 1.44 bits per heavy atom. The van der Waals surface area contributed by atoms with Crippen LogP contribution in [0, 0.1) is 5.92 Å². The fourth-order valence-electron chi connectivity index (χ4n) is 1.70. The molecule has 1 rings (SSSR count). The van der Waals surface area contributed by atoms with Crippen LogP contribution < -0.4 is 4.90 Å². The summed E-state index contributed by atoms with van der Waals surface area (Å²) in [5.74, 6) is -0.160. The number of carboxylic acids is 1. The van der Waals surface area contributed by atoms with Crippen LogP contribution in [0.5, 0.6) is 0 Å². The summed E-state index contributed by atoms with van der Waals surface area (Å²) < 4.78 is 0. The normalized spacial score (nSPS) is 12.8. The largest absolute Gasteiger partial charge is 0.477 e. The van der Waals surface area contributed by atoms with E-state index in [2.05, 4.69) is 23.7 Å². The van der Waals surface area contributed by atoms with Gasteiger partial charge in [0.15, 0.2) is 5.13 Å². The first-order chi connectivity index (χ1) is 8.36. The van der Waals surface area contributed by atoms with Gasteiger partial charge in [-0.2, -0.15) is 0 Å². The Morgan fingerprint density at radius 2 is 2.06 bits per heavy atom. The number of nitrogens with zero attached hydrogens (tertiary/aromatic N) is 2. The fraction of sp³-hybridized carbons (Fsp3) is 0.692. The predicted molar refractivity (Wildman–Crippen MR) is 75.9 cm³/mol. The van der Waals surface area contributed by atoms with E-state index in [0.29, 0.717) is 16.5 Å². The van der Waals surface area contributed by atoms with Gasteiger partial charge in [0.05, 0.1) is 5.69 Å². The lowest BCUT2D eigenvalue weighted by atomic mass is 10.1. The van der Waals surface area contributed by atoms with Crippen molar-refractivity contribution in [3.63, 3.8) is 0 Å². The number of carbonyl (C=O) groups is 1. The minimum absolute atomic E-state index is 0.137. The van der Waals surface area contributed by atoms with E-state index in [9.17, 15) is 9.90 Å². The minimum Gasteiger partial charge on any atom is -0.477 e. The van der Waals surface area contributed by atoms with Crippen LogP contribution in [0.15, 0.2) is 0 Å². The third kappa shape index (κ3) is 3.45. The van der Waals surface area contributed by atoms with Gasteiger partial charge in [0.1, 0.15) is 4.88 Å². The monoisotopic (exact) mass is 270 g/mol. The number of thiazole rings is 1. The van der Waals surface area contributed by atoms with Gasteiger partial charge in [-0.25, -0.2) is 9.78 Å². The summed E-state index contributed by atoms with van der Waals surface area (Å²) in [5, 5.41) is 9.99. The number of carboxylic acid groups (broad SMARTS) is 1. The second kappa shape index (κ2) is 6.18. The zero-order chi connectivity index (χ0) is 13.9. The van der Waals surface area contributed by atoms with E-state index in [0.717, 1.165) is 18.1 Å². The fourth-order valence-corrected chi connectivity index (χ4v) is 2.73. The maximum atomic E-state index is 11.2. The Labute approximate surface area is 113 Å². The van der Waals surface area contributed by atoms with Gasteiger partial charge in [0.25, 0.3) is 0 Å². The average Bonchev–Trinajstić information content (AvgIpc) is 2.73. The van der Waals surface area contributed by atoms with Crippen molar-refractivity contribution in [2.24, 2.45) is 5.92 Å². The molecule has 0 aliphatic rings. The molecule has 0 aromatic carbocycles. The molecule has 0 aliphatic heterocycles. The smallest absolute Gasteiger partial charge is 0.347 e. The van der Waals surface area contributed by atoms with Crippen LogP contribution in [0.25, 0.3) is 0 Å². The lowest BCUT2D eigenvalue weighted by Crippen LogP contribution is -2.23. The summed E-state index contributed by atoms with van der Waals surface area (Å²) in [6, 6.07) is 0. The zero-order valence-electron chi connectivity index (χ0n) is 11.7. The van der Waals surface area contributed by atoms with Crippen LogP contribution in [-0.2, 0) is 0 Å².